The molecule has 3 aliphatic heterocycles. The minimum Gasteiger partial charge on any atom is -0.463 e. The Kier molecular flexibility index (Phi) is 12.4. The molecule has 6 rings (SSSR count). The van der Waals surface area contributed by atoms with Crippen molar-refractivity contribution < 1.29 is 42.9 Å². The molecule has 1 aromatic carbocycles. The van der Waals surface area contributed by atoms with E-state index in [4.69, 9.17) is 28.7 Å². The van der Waals surface area contributed by atoms with Gasteiger partial charge in [-0.25, -0.2) is 9.78 Å². The number of hydrogen-bond acceptors (Lipinski definition) is 13. The van der Waals surface area contributed by atoms with Gasteiger partial charge in [0.25, 0.3) is 5.56 Å². The number of ether oxygens (including phenoxy) is 5. The minimum absolute atomic E-state index is 0.0178. The van der Waals surface area contributed by atoms with E-state index in [0.717, 1.165) is 35.7 Å². The first kappa shape index (κ1) is 36.9. The Morgan fingerprint density at radius 3 is 2.45 bits per heavy atom. The van der Waals surface area contributed by atoms with Crippen molar-refractivity contribution in [1.82, 2.24) is 9.55 Å². The molecule has 272 valence electrons. The van der Waals surface area contributed by atoms with Crippen LogP contribution in [0.25, 0.3) is 22.3 Å². The number of aromatic nitrogens is 2. The molecular formula is C37H42N2O10S2. The number of esters is 4. The SMILES string of the molecule is CCC1(OC(=O)CCCC(=O)OCCOCCOC(=O)CCCCC2CCSS2)C(=O)OCc2c1cc1n(c2=O)Cc2cc3ccccc3nc2-1. The summed E-state index contributed by atoms with van der Waals surface area (Å²) in [5.74, 6) is -0.986. The molecule has 2 aromatic heterocycles. The highest BCUT2D eigenvalue weighted by atomic mass is 33.1. The molecule has 0 N–H and O–H groups in total. The highest BCUT2D eigenvalue weighted by Gasteiger charge is 2.50. The molecule has 0 spiro atoms. The predicted octanol–water partition coefficient (Wildman–Crippen LogP) is 5.62. The molecule has 2 unspecified atom stereocenters. The first-order valence-corrected chi connectivity index (χ1v) is 19.9. The molecule has 2 atom stereocenters. The van der Waals surface area contributed by atoms with Crippen LogP contribution in [0.4, 0.5) is 0 Å². The standard InChI is InChI=1S/C37H42N2O10S2/c1-2-37(28-21-30-34-25(20-24-8-3-5-10-29(24)38-34)22-39(30)35(43)27(28)23-48-36(37)44)49-33(42)13-7-12-32(41)47-18-16-45-15-17-46-31(40)11-6-4-9-26-14-19-50-51-26/h3,5,8,10,20-21,26H,2,4,6-7,9,11-19,22-23H2,1H3. The molecule has 14 heteroatoms. The second kappa shape index (κ2) is 17.1. The van der Waals surface area contributed by atoms with Crippen LogP contribution in [0.1, 0.15) is 81.4 Å². The fraction of sp³-hybridized carbons (Fsp3) is 0.514. The average Bonchev–Trinajstić information content (AvgIpc) is 3.78. The van der Waals surface area contributed by atoms with E-state index in [1.54, 1.807) is 17.6 Å². The van der Waals surface area contributed by atoms with Crippen molar-refractivity contribution in [2.45, 2.75) is 88.7 Å². The van der Waals surface area contributed by atoms with Crippen LogP contribution in [-0.4, -0.2) is 70.9 Å². The van der Waals surface area contributed by atoms with Crippen molar-refractivity contribution in [1.29, 1.82) is 0 Å². The number of nitrogens with zero attached hydrogens (tertiary/aromatic N) is 2. The minimum atomic E-state index is -1.81. The van der Waals surface area contributed by atoms with Gasteiger partial charge in [0.05, 0.1) is 42.2 Å². The third-order valence-electron chi connectivity index (χ3n) is 9.30. The number of benzene rings is 1. The van der Waals surface area contributed by atoms with Gasteiger partial charge in [-0.1, -0.05) is 53.1 Å². The Hall–Kier alpha value is -3.88. The lowest BCUT2D eigenvalue weighted by Gasteiger charge is -2.35. The van der Waals surface area contributed by atoms with E-state index in [9.17, 15) is 24.0 Å². The topological polar surface area (TPSA) is 149 Å². The molecule has 0 amide bonds. The molecule has 0 aliphatic carbocycles. The molecule has 1 saturated heterocycles. The molecule has 5 heterocycles. The largest absolute Gasteiger partial charge is 0.463 e. The van der Waals surface area contributed by atoms with Gasteiger partial charge in [-0.15, -0.1) is 0 Å². The first-order chi connectivity index (χ1) is 24.8. The van der Waals surface area contributed by atoms with Gasteiger partial charge in [0.2, 0.25) is 5.60 Å². The Bertz CT molecular complexity index is 1840. The van der Waals surface area contributed by atoms with Crippen LogP contribution in [0.15, 0.2) is 41.2 Å². The van der Waals surface area contributed by atoms with E-state index in [0.29, 0.717) is 35.2 Å². The highest BCUT2D eigenvalue weighted by molar-refractivity contribution is 8.77. The zero-order valence-electron chi connectivity index (χ0n) is 28.6. The van der Waals surface area contributed by atoms with Crippen LogP contribution in [0.2, 0.25) is 0 Å². The number of cyclic esters (lactones) is 1. The van der Waals surface area contributed by atoms with Gasteiger partial charge in [0, 0.05) is 46.8 Å². The van der Waals surface area contributed by atoms with E-state index >= 15 is 0 Å². The number of unbranched alkanes of at least 4 members (excludes halogenated alkanes) is 1. The third kappa shape index (κ3) is 8.61. The number of rotatable bonds is 17. The summed E-state index contributed by atoms with van der Waals surface area (Å²) >= 11 is 0. The lowest BCUT2D eigenvalue weighted by molar-refractivity contribution is -0.189. The zero-order chi connectivity index (χ0) is 35.8. The second-order valence-corrected chi connectivity index (χ2v) is 15.5. The van der Waals surface area contributed by atoms with Crippen LogP contribution in [0.3, 0.4) is 0 Å². The predicted molar refractivity (Wildman–Crippen MR) is 192 cm³/mol. The van der Waals surface area contributed by atoms with Gasteiger partial charge < -0.3 is 28.3 Å². The fourth-order valence-corrected chi connectivity index (χ4v) is 9.61. The van der Waals surface area contributed by atoms with Crippen molar-refractivity contribution in [2.24, 2.45) is 0 Å². The summed E-state index contributed by atoms with van der Waals surface area (Å²) in [5, 5.41) is 1.67. The lowest BCUT2D eigenvalue weighted by atomic mass is 9.85. The quantitative estimate of drug-likeness (QED) is 0.0572. The number of hydrogen-bond donors (Lipinski definition) is 0. The molecule has 0 saturated carbocycles. The van der Waals surface area contributed by atoms with Gasteiger partial charge >= 0.3 is 23.9 Å². The summed E-state index contributed by atoms with van der Waals surface area (Å²) < 4.78 is 28.6. The van der Waals surface area contributed by atoms with Crippen molar-refractivity contribution in [3.8, 4) is 11.4 Å². The van der Waals surface area contributed by atoms with Crippen molar-refractivity contribution >= 4 is 56.4 Å². The van der Waals surface area contributed by atoms with E-state index < -0.39 is 23.5 Å². The number of fused-ring (bicyclic) bond motifs is 5. The second-order valence-electron chi connectivity index (χ2n) is 12.7. The Labute approximate surface area is 303 Å². The third-order valence-corrected chi connectivity index (χ3v) is 12.3. The number of para-hydroxylation sites is 1. The number of pyridine rings is 2. The van der Waals surface area contributed by atoms with Gasteiger partial charge in [0.15, 0.2) is 0 Å². The molecule has 0 radical (unpaired) electrons. The van der Waals surface area contributed by atoms with Crippen LogP contribution < -0.4 is 5.56 Å². The van der Waals surface area contributed by atoms with Crippen molar-refractivity contribution in [2.75, 3.05) is 32.2 Å². The maximum absolute atomic E-state index is 13.7. The Morgan fingerprint density at radius 2 is 1.71 bits per heavy atom. The summed E-state index contributed by atoms with van der Waals surface area (Å²) in [7, 11) is 3.87. The van der Waals surface area contributed by atoms with E-state index in [1.165, 1.54) is 12.2 Å². The monoisotopic (exact) mass is 738 g/mol. The van der Waals surface area contributed by atoms with Crippen molar-refractivity contribution in [3.05, 3.63) is 63.4 Å². The molecule has 51 heavy (non-hydrogen) atoms. The van der Waals surface area contributed by atoms with Crippen LogP contribution in [-0.2, 0) is 61.6 Å². The van der Waals surface area contributed by atoms with Gasteiger partial charge in [-0.05, 0) is 50.3 Å². The summed E-state index contributed by atoms with van der Waals surface area (Å²) in [5.41, 5.74) is 1.29. The molecule has 3 aliphatic rings. The van der Waals surface area contributed by atoms with Crippen molar-refractivity contribution in [3.63, 3.8) is 0 Å². The Morgan fingerprint density at radius 1 is 0.961 bits per heavy atom. The van der Waals surface area contributed by atoms with Gasteiger partial charge in [-0.2, -0.15) is 0 Å². The summed E-state index contributed by atoms with van der Waals surface area (Å²) in [6, 6.07) is 11.4. The van der Waals surface area contributed by atoms with E-state index in [2.05, 4.69) is 0 Å². The lowest BCUT2D eigenvalue weighted by Crippen LogP contribution is -2.47. The maximum atomic E-state index is 13.7. The normalized spacial score (nSPS) is 18.8. The Balaban J connectivity index is 0.934. The van der Waals surface area contributed by atoms with E-state index in [-0.39, 0.29) is 75.8 Å². The molecule has 1 fully saturated rings. The molecular weight excluding hydrogens is 697 g/mol. The number of carbonyl (C=O) groups excluding carboxylic acids is 4. The van der Waals surface area contributed by atoms with Crippen LogP contribution >= 0.6 is 21.6 Å². The van der Waals surface area contributed by atoms with E-state index in [1.807, 2.05) is 51.9 Å². The first-order valence-electron chi connectivity index (χ1n) is 17.5. The molecule has 12 nitrogen and oxygen atoms in total. The van der Waals surface area contributed by atoms with Gasteiger partial charge in [-0.3, -0.25) is 19.2 Å². The summed E-state index contributed by atoms with van der Waals surface area (Å²) in [6.45, 7) is 2.30. The molecule has 0 bridgehead atoms. The van der Waals surface area contributed by atoms with Crippen LogP contribution in [0.5, 0.6) is 0 Å². The molecule has 3 aromatic rings. The summed E-state index contributed by atoms with van der Waals surface area (Å²) in [4.78, 5) is 69.0. The fourth-order valence-electron chi connectivity index (χ4n) is 6.59. The van der Waals surface area contributed by atoms with Gasteiger partial charge in [0.1, 0.15) is 19.8 Å². The average molecular weight is 739 g/mol. The summed E-state index contributed by atoms with van der Waals surface area (Å²) in [6.07, 6.45) is 4.61. The van der Waals surface area contributed by atoms with Crippen LogP contribution in [0, 0.1) is 0 Å². The maximum Gasteiger partial charge on any atom is 0.355 e. The highest BCUT2D eigenvalue weighted by Crippen LogP contribution is 2.42. The number of carbonyl (C=O) groups is 4. The smallest absolute Gasteiger partial charge is 0.355 e. The zero-order valence-corrected chi connectivity index (χ0v) is 30.3.